The summed E-state index contributed by atoms with van der Waals surface area (Å²) in [7, 11) is 3.24. The number of carbonyl (C=O) groups excluding carboxylic acids is 2. The van der Waals surface area contributed by atoms with Crippen molar-refractivity contribution in [2.45, 2.75) is 12.0 Å². The number of hydrogen-bond acceptors (Lipinski definition) is 4. The molecular weight excluding hydrogens is 387 g/mol. The van der Waals surface area contributed by atoms with Crippen LogP contribution in [0.1, 0.15) is 37.8 Å². The first-order chi connectivity index (χ1) is 14.5. The van der Waals surface area contributed by atoms with E-state index in [1.165, 1.54) is 19.3 Å². The molecule has 2 heterocycles. The van der Waals surface area contributed by atoms with Crippen molar-refractivity contribution in [2.24, 2.45) is 7.05 Å². The lowest BCUT2D eigenvalue weighted by Gasteiger charge is -2.16. The van der Waals surface area contributed by atoms with E-state index in [9.17, 15) is 14.0 Å². The van der Waals surface area contributed by atoms with Crippen molar-refractivity contribution in [1.82, 2.24) is 15.1 Å². The Morgan fingerprint density at radius 2 is 1.97 bits per heavy atom. The number of anilines is 1. The minimum Gasteiger partial charge on any atom is -0.486 e. The van der Waals surface area contributed by atoms with E-state index < -0.39 is 30.5 Å². The molecule has 0 spiro atoms. The van der Waals surface area contributed by atoms with Crippen LogP contribution in [0.5, 0.6) is 5.75 Å². The number of hydrogen-bond donors (Lipinski definition) is 2. The van der Waals surface area contributed by atoms with Gasteiger partial charge in [0.2, 0.25) is 0 Å². The van der Waals surface area contributed by atoms with Gasteiger partial charge >= 0.3 is 0 Å². The maximum Gasteiger partial charge on any atom is 0.255 e. The molecule has 0 saturated heterocycles. The summed E-state index contributed by atoms with van der Waals surface area (Å²) in [6.07, 6.45) is 2.42. The molecule has 0 saturated carbocycles. The highest BCUT2D eigenvalue weighted by Crippen LogP contribution is 2.45. The summed E-state index contributed by atoms with van der Waals surface area (Å²) in [6.45, 7) is -0.724. The van der Waals surface area contributed by atoms with Gasteiger partial charge in [0, 0.05) is 31.4 Å². The number of halogens is 1. The normalized spacial score (nSPS) is 17.2. The lowest BCUT2D eigenvalue weighted by atomic mass is 9.86. The third kappa shape index (κ3) is 3.52. The number of nitrogens with zero attached hydrogens (tertiary/aromatic N) is 2. The van der Waals surface area contributed by atoms with Crippen LogP contribution in [0.15, 0.2) is 54.9 Å². The van der Waals surface area contributed by atoms with E-state index in [1.54, 1.807) is 24.0 Å². The van der Waals surface area contributed by atoms with Gasteiger partial charge in [0.05, 0.1) is 23.4 Å². The molecule has 1 aliphatic rings. The minimum atomic E-state index is -0.776. The monoisotopic (exact) mass is 408 g/mol. The molecule has 30 heavy (non-hydrogen) atoms. The summed E-state index contributed by atoms with van der Waals surface area (Å²) in [6, 6.07) is 12.5. The predicted molar refractivity (Wildman–Crippen MR) is 110 cm³/mol. The molecule has 2 aromatic carbocycles. The van der Waals surface area contributed by atoms with Gasteiger partial charge in [0.25, 0.3) is 11.8 Å². The molecule has 0 aliphatic carbocycles. The molecule has 154 valence electrons. The van der Waals surface area contributed by atoms with Crippen LogP contribution in [0.25, 0.3) is 0 Å². The zero-order valence-electron chi connectivity index (χ0n) is 16.6. The standard InChI is InChI=1S/C22H21FN4O3/c1-24-22(29)17-9-14(21(28)26-15-11-25-27(2)12-15)8-16-19(13-6-4-3-5-7-13)18(10-23)30-20(16)17/h3-9,11-12,18-19H,10H2,1-2H3,(H,24,29)(H,26,28)/t18-,19+/m0/s1. The van der Waals surface area contributed by atoms with Crippen LogP contribution in [0.2, 0.25) is 0 Å². The van der Waals surface area contributed by atoms with Gasteiger partial charge in [-0.1, -0.05) is 30.3 Å². The van der Waals surface area contributed by atoms with Crippen LogP contribution >= 0.6 is 0 Å². The van der Waals surface area contributed by atoms with Gasteiger partial charge in [-0.2, -0.15) is 5.10 Å². The molecule has 0 fully saturated rings. The summed E-state index contributed by atoms with van der Waals surface area (Å²) in [5.74, 6) is -0.926. The van der Waals surface area contributed by atoms with E-state index in [2.05, 4.69) is 15.7 Å². The van der Waals surface area contributed by atoms with Crippen molar-refractivity contribution in [1.29, 1.82) is 0 Å². The van der Waals surface area contributed by atoms with E-state index in [4.69, 9.17) is 4.74 Å². The van der Waals surface area contributed by atoms with Crippen LogP contribution in [0, 0.1) is 0 Å². The number of fused-ring (bicyclic) bond motifs is 1. The quantitative estimate of drug-likeness (QED) is 0.680. The maximum atomic E-state index is 13.8. The number of ether oxygens (including phenoxy) is 1. The Labute approximate surface area is 172 Å². The second-order valence-corrected chi connectivity index (χ2v) is 7.08. The Morgan fingerprint density at radius 3 is 2.60 bits per heavy atom. The average molecular weight is 408 g/mol. The van der Waals surface area contributed by atoms with Gasteiger partial charge in [0.1, 0.15) is 18.5 Å². The number of aryl methyl sites for hydroxylation is 1. The smallest absolute Gasteiger partial charge is 0.255 e. The lowest BCUT2D eigenvalue weighted by Crippen LogP contribution is -2.22. The molecule has 2 N–H and O–H groups in total. The van der Waals surface area contributed by atoms with Crippen LogP contribution in [-0.4, -0.2) is 41.4 Å². The number of amides is 2. The lowest BCUT2D eigenvalue weighted by molar-refractivity contribution is 0.0955. The molecule has 7 nitrogen and oxygen atoms in total. The Kier molecular flexibility index (Phi) is 5.22. The van der Waals surface area contributed by atoms with Gasteiger partial charge in [-0.3, -0.25) is 14.3 Å². The number of aromatic nitrogens is 2. The molecule has 1 aromatic heterocycles. The number of nitrogens with one attached hydrogen (secondary N) is 2. The maximum absolute atomic E-state index is 13.8. The molecule has 2 amide bonds. The Bertz CT molecular complexity index is 1100. The highest BCUT2D eigenvalue weighted by atomic mass is 19.1. The Hall–Kier alpha value is -3.68. The molecule has 4 rings (SSSR count). The Morgan fingerprint density at radius 1 is 1.20 bits per heavy atom. The SMILES string of the molecule is CNC(=O)c1cc(C(=O)Nc2cnn(C)c2)cc2c1O[C@@H](CF)[C@@H]2c1ccccc1. The van der Waals surface area contributed by atoms with Gasteiger partial charge in [-0.05, 0) is 17.7 Å². The van der Waals surface area contributed by atoms with Crippen molar-refractivity contribution in [3.8, 4) is 5.75 Å². The number of carbonyl (C=O) groups is 2. The first kappa shape index (κ1) is 19.6. The van der Waals surface area contributed by atoms with Crippen molar-refractivity contribution < 1.29 is 18.7 Å². The van der Waals surface area contributed by atoms with Crippen LogP contribution in [0.4, 0.5) is 10.1 Å². The summed E-state index contributed by atoms with van der Waals surface area (Å²) in [4.78, 5) is 25.4. The largest absolute Gasteiger partial charge is 0.486 e. The summed E-state index contributed by atoms with van der Waals surface area (Å²) in [5, 5.41) is 9.35. The molecule has 2 atom stereocenters. The van der Waals surface area contributed by atoms with Crippen molar-refractivity contribution in [3.05, 3.63) is 77.1 Å². The first-order valence-electron chi connectivity index (χ1n) is 9.49. The fraction of sp³-hybridized carbons (Fsp3) is 0.227. The van der Waals surface area contributed by atoms with Crippen LogP contribution < -0.4 is 15.4 Å². The van der Waals surface area contributed by atoms with E-state index in [-0.39, 0.29) is 11.1 Å². The van der Waals surface area contributed by atoms with Gasteiger partial charge < -0.3 is 15.4 Å². The summed E-state index contributed by atoms with van der Waals surface area (Å²) < 4.78 is 21.3. The van der Waals surface area contributed by atoms with Crippen LogP contribution in [-0.2, 0) is 7.05 Å². The molecule has 1 aliphatic heterocycles. The Balaban J connectivity index is 1.81. The number of rotatable bonds is 5. The predicted octanol–water partition coefficient (Wildman–Crippen LogP) is 2.89. The van der Waals surface area contributed by atoms with Crippen molar-refractivity contribution in [3.63, 3.8) is 0 Å². The summed E-state index contributed by atoms with van der Waals surface area (Å²) >= 11 is 0. The zero-order chi connectivity index (χ0) is 21.3. The topological polar surface area (TPSA) is 85.3 Å². The average Bonchev–Trinajstić information content (AvgIpc) is 3.35. The number of alkyl halides is 1. The zero-order valence-corrected chi connectivity index (χ0v) is 16.6. The highest BCUT2D eigenvalue weighted by Gasteiger charge is 2.39. The van der Waals surface area contributed by atoms with Crippen molar-refractivity contribution >= 4 is 17.5 Å². The molecule has 3 aromatic rings. The molecular formula is C22H21FN4O3. The molecule has 8 heteroatoms. The van der Waals surface area contributed by atoms with Gasteiger partial charge in [0.15, 0.2) is 0 Å². The second-order valence-electron chi connectivity index (χ2n) is 7.08. The summed E-state index contributed by atoms with van der Waals surface area (Å²) in [5.41, 5.74) is 2.47. The van der Waals surface area contributed by atoms with E-state index in [1.807, 2.05) is 30.3 Å². The highest BCUT2D eigenvalue weighted by molar-refractivity contribution is 6.07. The second kappa shape index (κ2) is 7.98. The third-order valence-corrected chi connectivity index (χ3v) is 5.10. The molecule has 0 bridgehead atoms. The minimum absolute atomic E-state index is 0.197. The fourth-order valence-electron chi connectivity index (χ4n) is 3.73. The van der Waals surface area contributed by atoms with E-state index >= 15 is 0 Å². The number of benzene rings is 2. The van der Waals surface area contributed by atoms with Gasteiger partial charge in [-0.15, -0.1) is 0 Å². The van der Waals surface area contributed by atoms with E-state index in [0.29, 0.717) is 17.0 Å². The third-order valence-electron chi connectivity index (χ3n) is 5.10. The van der Waals surface area contributed by atoms with Gasteiger partial charge in [-0.25, -0.2) is 4.39 Å². The fourth-order valence-corrected chi connectivity index (χ4v) is 3.73. The molecule has 0 radical (unpaired) electrons. The first-order valence-corrected chi connectivity index (χ1v) is 9.49. The van der Waals surface area contributed by atoms with E-state index in [0.717, 1.165) is 5.56 Å². The van der Waals surface area contributed by atoms with Crippen LogP contribution in [0.3, 0.4) is 0 Å². The van der Waals surface area contributed by atoms with Crippen molar-refractivity contribution in [2.75, 3.05) is 19.0 Å². The molecule has 0 unspecified atom stereocenters.